The second-order valence-electron chi connectivity index (χ2n) is 11.0. The standard InChI is InChI=1S/C34H38O6S2Si2/c1-35-19-43(20-36-2,21-37-3)17-15-27-31-25-11-7-9-13-29(25)42-34(31)28(16-18-44(22-38-4,23-39-5)24-40-6)32-26-12-8-10-14-30(26)41-33(27)32/h7-14H,19-24H2,1-6H3. The summed E-state index contributed by atoms with van der Waals surface area (Å²) >= 11 is 3.55. The maximum atomic E-state index is 5.68. The van der Waals surface area contributed by atoms with E-state index in [1.54, 1.807) is 65.3 Å². The third-order valence-electron chi connectivity index (χ3n) is 7.57. The van der Waals surface area contributed by atoms with Gasteiger partial charge in [0.2, 0.25) is 16.1 Å². The summed E-state index contributed by atoms with van der Waals surface area (Å²) in [6.45, 7) is 0. The summed E-state index contributed by atoms with van der Waals surface area (Å²) in [5.74, 6) is 7.43. The molecule has 0 N–H and O–H groups in total. The molecule has 2 aromatic heterocycles. The number of hydrogen-bond acceptors (Lipinski definition) is 8. The van der Waals surface area contributed by atoms with E-state index in [4.69, 9.17) is 28.4 Å². The van der Waals surface area contributed by atoms with Crippen molar-refractivity contribution in [3.05, 3.63) is 59.7 Å². The number of fused-ring (bicyclic) bond motifs is 6. The van der Waals surface area contributed by atoms with Gasteiger partial charge in [-0.3, -0.25) is 0 Å². The molecule has 0 saturated heterocycles. The average molecular weight is 663 g/mol. The van der Waals surface area contributed by atoms with Gasteiger partial charge in [-0.15, -0.1) is 33.8 Å². The van der Waals surface area contributed by atoms with Gasteiger partial charge in [-0.05, 0) is 12.1 Å². The Morgan fingerprint density at radius 3 is 1.14 bits per heavy atom. The third-order valence-corrected chi connectivity index (χ3v) is 16.3. The third kappa shape index (κ3) is 6.39. The van der Waals surface area contributed by atoms with Crippen LogP contribution < -0.4 is 0 Å². The van der Waals surface area contributed by atoms with E-state index < -0.39 is 16.1 Å². The van der Waals surface area contributed by atoms with Crippen molar-refractivity contribution in [2.45, 2.75) is 0 Å². The fourth-order valence-corrected chi connectivity index (χ4v) is 13.4. The van der Waals surface area contributed by atoms with Gasteiger partial charge in [-0.2, -0.15) is 0 Å². The maximum absolute atomic E-state index is 5.68. The van der Waals surface area contributed by atoms with Crippen LogP contribution in [-0.4, -0.2) is 96.2 Å². The van der Waals surface area contributed by atoms with E-state index in [2.05, 4.69) is 71.5 Å². The molecule has 5 rings (SSSR count). The van der Waals surface area contributed by atoms with Crippen molar-refractivity contribution >= 4 is 79.2 Å². The summed E-state index contributed by atoms with van der Waals surface area (Å²) in [7, 11) is 5.51. The number of benzene rings is 3. The summed E-state index contributed by atoms with van der Waals surface area (Å²) in [6.07, 6.45) is 3.16. The fraction of sp³-hybridized carbons (Fsp3) is 0.353. The molecular formula is C34H38O6S2Si2. The zero-order valence-corrected chi connectivity index (χ0v) is 29.8. The Balaban J connectivity index is 1.92. The van der Waals surface area contributed by atoms with Crippen molar-refractivity contribution in [3.63, 3.8) is 0 Å². The molecule has 0 aliphatic heterocycles. The van der Waals surface area contributed by atoms with Crippen molar-refractivity contribution in [3.8, 4) is 22.9 Å². The van der Waals surface area contributed by atoms with Crippen LogP contribution in [0.15, 0.2) is 48.5 Å². The van der Waals surface area contributed by atoms with E-state index in [1.807, 2.05) is 0 Å². The van der Waals surface area contributed by atoms with Crippen LogP contribution in [0.25, 0.3) is 40.3 Å². The van der Waals surface area contributed by atoms with Gasteiger partial charge in [0.25, 0.3) is 0 Å². The van der Waals surface area contributed by atoms with Gasteiger partial charge in [-0.1, -0.05) is 48.2 Å². The molecule has 10 heteroatoms. The highest BCUT2D eigenvalue weighted by molar-refractivity contribution is 7.28. The molecular weight excluding hydrogens is 625 g/mol. The van der Waals surface area contributed by atoms with E-state index >= 15 is 0 Å². The topological polar surface area (TPSA) is 55.4 Å². The highest BCUT2D eigenvalue weighted by Gasteiger charge is 2.34. The van der Waals surface area contributed by atoms with E-state index in [-0.39, 0.29) is 0 Å². The van der Waals surface area contributed by atoms with E-state index in [0.717, 1.165) is 31.3 Å². The maximum Gasteiger partial charge on any atom is 0.217 e. The zero-order valence-electron chi connectivity index (χ0n) is 26.1. The van der Waals surface area contributed by atoms with Crippen molar-refractivity contribution in [2.24, 2.45) is 0 Å². The normalized spacial score (nSPS) is 12.1. The zero-order chi connectivity index (χ0) is 31.2. The predicted molar refractivity (Wildman–Crippen MR) is 189 cm³/mol. The first-order chi connectivity index (χ1) is 21.5. The number of hydrogen-bond donors (Lipinski definition) is 0. The Kier molecular flexibility index (Phi) is 10.9. The fourth-order valence-electron chi connectivity index (χ4n) is 5.92. The summed E-state index contributed by atoms with van der Waals surface area (Å²) in [5.41, 5.74) is 9.49. The molecule has 0 fully saturated rings. The van der Waals surface area contributed by atoms with Crippen LogP contribution in [0.5, 0.6) is 0 Å². The minimum Gasteiger partial charge on any atom is -0.387 e. The molecule has 0 bridgehead atoms. The van der Waals surface area contributed by atoms with Crippen LogP contribution in [0.2, 0.25) is 0 Å². The molecule has 0 unspecified atom stereocenters. The molecule has 0 aliphatic carbocycles. The lowest BCUT2D eigenvalue weighted by atomic mass is 9.98. The second kappa shape index (κ2) is 14.7. The lowest BCUT2D eigenvalue weighted by Gasteiger charge is -2.23. The number of rotatable bonds is 12. The van der Waals surface area contributed by atoms with E-state index in [9.17, 15) is 0 Å². The van der Waals surface area contributed by atoms with Crippen LogP contribution in [0.1, 0.15) is 11.1 Å². The lowest BCUT2D eigenvalue weighted by molar-refractivity contribution is 0.193. The first-order valence-corrected chi connectivity index (χ1v) is 21.1. The number of methoxy groups -OCH3 is 6. The van der Waals surface area contributed by atoms with Gasteiger partial charge < -0.3 is 28.4 Å². The van der Waals surface area contributed by atoms with E-state index in [1.165, 1.54) is 20.2 Å². The predicted octanol–water partition coefficient (Wildman–Crippen LogP) is 6.22. The molecule has 0 amide bonds. The Morgan fingerprint density at radius 2 is 0.818 bits per heavy atom. The molecule has 44 heavy (non-hydrogen) atoms. The lowest BCUT2D eigenvalue weighted by Crippen LogP contribution is -2.49. The molecule has 0 aliphatic rings. The van der Waals surface area contributed by atoms with Crippen LogP contribution >= 0.6 is 22.7 Å². The Labute approximate surface area is 269 Å². The molecule has 3 aromatic carbocycles. The van der Waals surface area contributed by atoms with E-state index in [0.29, 0.717) is 37.4 Å². The van der Waals surface area contributed by atoms with Gasteiger partial charge in [0, 0.05) is 73.6 Å². The first kappa shape index (κ1) is 32.8. The average Bonchev–Trinajstić information content (AvgIpc) is 3.59. The minimum atomic E-state index is -2.40. The largest absolute Gasteiger partial charge is 0.387 e. The molecule has 0 atom stereocenters. The van der Waals surface area contributed by atoms with Crippen molar-refractivity contribution in [2.75, 3.05) is 80.0 Å². The molecule has 0 saturated carbocycles. The summed E-state index contributed by atoms with van der Waals surface area (Å²) in [6, 6.07) is 17.1. The number of ether oxygens (including phenoxy) is 6. The Hall–Kier alpha value is -2.59. The Morgan fingerprint density at radius 1 is 0.500 bits per heavy atom. The minimum absolute atomic E-state index is 0.527. The molecule has 0 spiro atoms. The monoisotopic (exact) mass is 662 g/mol. The summed E-state index contributed by atoms with van der Waals surface area (Å²) in [5, 5.41) is 4.67. The first-order valence-electron chi connectivity index (χ1n) is 14.3. The van der Waals surface area contributed by atoms with Gasteiger partial charge in [0.05, 0.1) is 57.9 Å². The molecule has 5 aromatic rings. The van der Waals surface area contributed by atoms with Crippen LogP contribution in [-0.2, 0) is 28.4 Å². The quantitative estimate of drug-likeness (QED) is 0.117. The van der Waals surface area contributed by atoms with Gasteiger partial charge in [-0.25, -0.2) is 0 Å². The van der Waals surface area contributed by atoms with Gasteiger partial charge in [0.1, 0.15) is 0 Å². The van der Waals surface area contributed by atoms with Crippen molar-refractivity contribution in [1.29, 1.82) is 0 Å². The molecule has 230 valence electrons. The van der Waals surface area contributed by atoms with Crippen LogP contribution in [0, 0.1) is 22.9 Å². The number of thiophene rings is 2. The Bertz CT molecular complexity index is 1720. The second-order valence-corrected chi connectivity index (χ2v) is 20.5. The van der Waals surface area contributed by atoms with Crippen molar-refractivity contribution < 1.29 is 28.4 Å². The van der Waals surface area contributed by atoms with Crippen molar-refractivity contribution in [1.82, 2.24) is 0 Å². The SMILES string of the molecule is COC[Si](C#Cc1c2sc3ccccc3c2c(C#C[Si](COC)(COC)COC)c2sc3ccccc3c12)(COC)COC. The molecule has 6 nitrogen and oxygen atoms in total. The summed E-state index contributed by atoms with van der Waals surface area (Å²) in [4.78, 5) is 0. The smallest absolute Gasteiger partial charge is 0.217 e. The highest BCUT2D eigenvalue weighted by Crippen LogP contribution is 2.47. The molecule has 0 radical (unpaired) electrons. The summed E-state index contributed by atoms with van der Waals surface area (Å²) < 4.78 is 38.8. The van der Waals surface area contributed by atoms with Crippen LogP contribution in [0.3, 0.4) is 0 Å². The molecule has 2 heterocycles. The highest BCUT2D eigenvalue weighted by atomic mass is 32.1. The van der Waals surface area contributed by atoms with Gasteiger partial charge >= 0.3 is 0 Å². The van der Waals surface area contributed by atoms with Crippen LogP contribution in [0.4, 0.5) is 0 Å². The van der Waals surface area contributed by atoms with Gasteiger partial charge in [0.15, 0.2) is 0 Å².